The lowest BCUT2D eigenvalue weighted by Gasteiger charge is -2.16. The molecule has 3 aromatic carbocycles. The third-order valence-corrected chi connectivity index (χ3v) is 4.85. The van der Waals surface area contributed by atoms with Gasteiger partial charge < -0.3 is 14.4 Å². The lowest BCUT2D eigenvalue weighted by atomic mass is 10.1. The molecule has 30 heavy (non-hydrogen) atoms. The van der Waals surface area contributed by atoms with E-state index in [4.69, 9.17) is 9.47 Å². The van der Waals surface area contributed by atoms with E-state index in [1.54, 1.807) is 37.5 Å². The number of amides is 1. The molecule has 0 radical (unpaired) electrons. The number of nitrogens with zero attached hydrogens (tertiary/aromatic N) is 3. The molecule has 0 saturated carbocycles. The Balaban J connectivity index is 1.62. The van der Waals surface area contributed by atoms with E-state index in [1.165, 1.54) is 0 Å². The Hall–Kier alpha value is -3.93. The van der Waals surface area contributed by atoms with Crippen LogP contribution in [0.5, 0.6) is 11.5 Å². The molecule has 1 aliphatic rings. The molecule has 0 saturated heterocycles. The number of carbonyl (C=O) groups is 1. The van der Waals surface area contributed by atoms with Crippen molar-refractivity contribution in [3.63, 3.8) is 0 Å². The van der Waals surface area contributed by atoms with Gasteiger partial charge >= 0.3 is 0 Å². The van der Waals surface area contributed by atoms with Crippen molar-refractivity contribution in [3.05, 3.63) is 89.5 Å². The molecule has 0 atom stereocenters. The van der Waals surface area contributed by atoms with E-state index in [0.29, 0.717) is 23.8 Å². The van der Waals surface area contributed by atoms with Gasteiger partial charge in [-0.25, -0.2) is 0 Å². The highest BCUT2D eigenvalue weighted by atomic mass is 16.5. The van der Waals surface area contributed by atoms with Crippen LogP contribution in [0.3, 0.4) is 0 Å². The van der Waals surface area contributed by atoms with Gasteiger partial charge in [0, 0.05) is 5.56 Å². The maximum atomic E-state index is 13.1. The van der Waals surface area contributed by atoms with Crippen molar-refractivity contribution >= 4 is 23.5 Å². The molecule has 0 fully saturated rings. The van der Waals surface area contributed by atoms with Gasteiger partial charge in [0.25, 0.3) is 5.91 Å². The number of fused-ring (bicyclic) bond motifs is 1. The maximum absolute atomic E-state index is 13.1. The Morgan fingerprint density at radius 3 is 2.40 bits per heavy atom. The summed E-state index contributed by atoms with van der Waals surface area (Å²) in [7, 11) is 3.16. The lowest BCUT2D eigenvalue weighted by Crippen LogP contribution is -2.29. The maximum Gasteiger partial charge on any atom is 0.279 e. The molecular weight excluding hydrogens is 378 g/mol. The van der Waals surface area contributed by atoms with Gasteiger partial charge in [0.05, 0.1) is 32.7 Å². The molecule has 4 rings (SSSR count). The van der Waals surface area contributed by atoms with Crippen LogP contribution in [-0.2, 0) is 11.3 Å². The Kier molecular flexibility index (Phi) is 5.57. The van der Waals surface area contributed by atoms with Gasteiger partial charge in [-0.3, -0.25) is 4.79 Å². The minimum absolute atomic E-state index is 0.162. The van der Waals surface area contributed by atoms with Crippen LogP contribution in [-0.4, -0.2) is 32.1 Å². The van der Waals surface area contributed by atoms with Crippen molar-refractivity contribution < 1.29 is 14.3 Å². The van der Waals surface area contributed by atoms with E-state index < -0.39 is 0 Å². The van der Waals surface area contributed by atoms with E-state index in [-0.39, 0.29) is 5.91 Å². The number of carbonyl (C=O) groups excluding carboxylic acids is 1. The van der Waals surface area contributed by atoms with Gasteiger partial charge in [-0.05, 0) is 35.4 Å². The molecule has 150 valence electrons. The van der Waals surface area contributed by atoms with E-state index in [0.717, 1.165) is 22.4 Å². The van der Waals surface area contributed by atoms with E-state index in [2.05, 4.69) is 10.2 Å². The van der Waals surface area contributed by atoms with Gasteiger partial charge in [-0.2, -0.15) is 5.10 Å². The SMILES string of the molecule is COc1ccc(/C=N\N=C2/C(=O)N(Cc3ccccc3)c3ccccc32)cc1OC. The van der Waals surface area contributed by atoms with Crippen LogP contribution in [0.15, 0.2) is 83.0 Å². The second-order valence-electron chi connectivity index (χ2n) is 6.70. The van der Waals surface area contributed by atoms with Crippen molar-refractivity contribution in [2.45, 2.75) is 6.54 Å². The molecule has 0 N–H and O–H groups in total. The Labute approximate surface area is 175 Å². The average molecular weight is 399 g/mol. The normalized spacial score (nSPS) is 14.4. The summed E-state index contributed by atoms with van der Waals surface area (Å²) < 4.78 is 10.6. The molecule has 0 aliphatic carbocycles. The third kappa shape index (κ3) is 3.80. The summed E-state index contributed by atoms with van der Waals surface area (Å²) >= 11 is 0. The first kappa shape index (κ1) is 19.4. The molecule has 3 aromatic rings. The number of para-hydroxylation sites is 1. The monoisotopic (exact) mass is 399 g/mol. The highest BCUT2D eigenvalue weighted by Crippen LogP contribution is 2.31. The van der Waals surface area contributed by atoms with Crippen molar-refractivity contribution in [1.82, 2.24) is 0 Å². The first-order chi connectivity index (χ1) is 14.7. The summed E-state index contributed by atoms with van der Waals surface area (Å²) in [6.07, 6.45) is 1.59. The standard InChI is InChI=1S/C24H21N3O3/c1-29-21-13-12-18(14-22(21)30-2)15-25-26-23-19-10-6-7-11-20(19)27(24(23)28)16-17-8-4-3-5-9-17/h3-15H,16H2,1-2H3/b25-15-,26-23-. The highest BCUT2D eigenvalue weighted by molar-refractivity contribution is 6.54. The van der Waals surface area contributed by atoms with E-state index >= 15 is 0 Å². The van der Waals surface area contributed by atoms with Gasteiger partial charge in [-0.15, -0.1) is 5.10 Å². The van der Waals surface area contributed by atoms with Gasteiger partial charge in [0.1, 0.15) is 0 Å². The number of benzene rings is 3. The number of methoxy groups -OCH3 is 2. The molecule has 6 nitrogen and oxygen atoms in total. The predicted molar refractivity (Wildman–Crippen MR) is 118 cm³/mol. The van der Waals surface area contributed by atoms with Crippen LogP contribution < -0.4 is 14.4 Å². The summed E-state index contributed by atoms with van der Waals surface area (Å²) in [6.45, 7) is 0.481. The summed E-state index contributed by atoms with van der Waals surface area (Å²) in [5, 5.41) is 8.42. The molecule has 6 heteroatoms. The number of ether oxygens (including phenoxy) is 2. The Morgan fingerprint density at radius 2 is 1.63 bits per heavy atom. The zero-order chi connectivity index (χ0) is 20.9. The molecule has 0 spiro atoms. The summed E-state index contributed by atoms with van der Waals surface area (Å²) in [6, 6.07) is 23.0. The molecule has 0 aromatic heterocycles. The number of hydrogen-bond acceptors (Lipinski definition) is 5. The molecule has 1 heterocycles. The first-order valence-corrected chi connectivity index (χ1v) is 9.49. The van der Waals surface area contributed by atoms with E-state index in [1.807, 2.05) is 60.7 Å². The molecule has 1 aliphatic heterocycles. The molecule has 1 amide bonds. The minimum atomic E-state index is -0.162. The van der Waals surface area contributed by atoms with E-state index in [9.17, 15) is 4.79 Å². The quantitative estimate of drug-likeness (QED) is 0.464. The predicted octanol–water partition coefficient (Wildman–Crippen LogP) is 4.07. The second-order valence-corrected chi connectivity index (χ2v) is 6.70. The van der Waals surface area contributed by atoms with Gasteiger partial charge in [0.2, 0.25) is 0 Å². The van der Waals surface area contributed by atoms with Crippen LogP contribution in [0.1, 0.15) is 16.7 Å². The summed E-state index contributed by atoms with van der Waals surface area (Å²) in [5.74, 6) is 1.08. The van der Waals surface area contributed by atoms with Gasteiger partial charge in [0.15, 0.2) is 17.2 Å². The van der Waals surface area contributed by atoms with Crippen LogP contribution in [0.25, 0.3) is 0 Å². The van der Waals surface area contributed by atoms with Crippen molar-refractivity contribution in [2.75, 3.05) is 19.1 Å². The Bertz CT molecular complexity index is 1120. The summed E-state index contributed by atoms with van der Waals surface area (Å²) in [4.78, 5) is 14.8. The topological polar surface area (TPSA) is 63.5 Å². The number of anilines is 1. The van der Waals surface area contributed by atoms with Crippen molar-refractivity contribution in [3.8, 4) is 11.5 Å². The fraction of sp³-hybridized carbons (Fsp3) is 0.125. The minimum Gasteiger partial charge on any atom is -0.493 e. The molecular formula is C24H21N3O3. The van der Waals surface area contributed by atoms with Crippen molar-refractivity contribution in [1.29, 1.82) is 0 Å². The summed E-state index contributed by atoms with van der Waals surface area (Å²) in [5.41, 5.74) is 3.79. The zero-order valence-corrected chi connectivity index (χ0v) is 16.8. The van der Waals surface area contributed by atoms with Crippen LogP contribution in [0.4, 0.5) is 5.69 Å². The molecule has 0 unspecified atom stereocenters. The van der Waals surface area contributed by atoms with Gasteiger partial charge in [-0.1, -0.05) is 48.5 Å². The Morgan fingerprint density at radius 1 is 0.900 bits per heavy atom. The first-order valence-electron chi connectivity index (χ1n) is 9.49. The zero-order valence-electron chi connectivity index (χ0n) is 16.8. The number of rotatable bonds is 6. The average Bonchev–Trinajstić information content (AvgIpc) is 3.05. The fourth-order valence-corrected chi connectivity index (χ4v) is 3.37. The second kappa shape index (κ2) is 8.61. The van der Waals surface area contributed by atoms with Crippen LogP contribution in [0, 0.1) is 0 Å². The number of hydrogen-bond donors (Lipinski definition) is 0. The van der Waals surface area contributed by atoms with Crippen molar-refractivity contribution in [2.24, 2.45) is 10.2 Å². The highest BCUT2D eigenvalue weighted by Gasteiger charge is 2.33. The molecule has 0 bridgehead atoms. The van der Waals surface area contributed by atoms with Crippen LogP contribution in [0.2, 0.25) is 0 Å². The smallest absolute Gasteiger partial charge is 0.279 e. The third-order valence-electron chi connectivity index (χ3n) is 4.85. The lowest BCUT2D eigenvalue weighted by molar-refractivity contribution is -0.112. The largest absolute Gasteiger partial charge is 0.493 e. The fourth-order valence-electron chi connectivity index (χ4n) is 3.37. The van der Waals surface area contributed by atoms with Crippen LogP contribution >= 0.6 is 0 Å².